The lowest BCUT2D eigenvalue weighted by molar-refractivity contribution is -0.127. The fourth-order valence-corrected chi connectivity index (χ4v) is 2.78. The second-order valence-electron chi connectivity index (χ2n) is 6.17. The average Bonchev–Trinajstić information content (AvgIpc) is 3.04. The van der Waals surface area contributed by atoms with Gasteiger partial charge in [-0.15, -0.1) is 0 Å². The third kappa shape index (κ3) is 7.41. The van der Waals surface area contributed by atoms with Gasteiger partial charge in [-0.25, -0.2) is 4.79 Å². The van der Waals surface area contributed by atoms with Crippen molar-refractivity contribution in [1.29, 1.82) is 0 Å². The molecular formula is C19H29N3O4. The molecule has 0 unspecified atom stereocenters. The summed E-state index contributed by atoms with van der Waals surface area (Å²) in [7, 11) is 0. The number of hydrogen-bond donors (Lipinski definition) is 2. The Bertz CT molecular complexity index is 580. The maximum absolute atomic E-state index is 12.0. The molecule has 1 aliphatic heterocycles. The molecule has 1 aromatic carbocycles. The molecule has 0 bridgehead atoms. The van der Waals surface area contributed by atoms with Crippen molar-refractivity contribution in [3.8, 4) is 0 Å². The lowest BCUT2D eigenvalue weighted by atomic mass is 10.2. The fourth-order valence-electron chi connectivity index (χ4n) is 2.78. The van der Waals surface area contributed by atoms with Crippen LogP contribution in [0.5, 0.6) is 0 Å². The van der Waals surface area contributed by atoms with Crippen molar-refractivity contribution in [2.75, 3.05) is 44.8 Å². The zero-order chi connectivity index (χ0) is 18.6. The van der Waals surface area contributed by atoms with Crippen LogP contribution in [0.2, 0.25) is 0 Å². The molecule has 0 aromatic heterocycles. The van der Waals surface area contributed by atoms with E-state index < -0.39 is 0 Å². The Morgan fingerprint density at radius 2 is 2.12 bits per heavy atom. The molecule has 1 aromatic rings. The molecule has 1 fully saturated rings. The summed E-state index contributed by atoms with van der Waals surface area (Å²) in [6, 6.07) is 7.33. The molecule has 3 amide bonds. The molecular weight excluding hydrogens is 334 g/mol. The van der Waals surface area contributed by atoms with Crippen molar-refractivity contribution in [3.63, 3.8) is 0 Å². The second-order valence-corrected chi connectivity index (χ2v) is 6.17. The van der Waals surface area contributed by atoms with Crippen molar-refractivity contribution in [3.05, 3.63) is 29.8 Å². The third-order valence-corrected chi connectivity index (χ3v) is 4.09. The minimum Gasteiger partial charge on any atom is -0.379 e. The number of benzene rings is 1. The number of amides is 3. The van der Waals surface area contributed by atoms with Gasteiger partial charge in [-0.3, -0.25) is 4.79 Å². The van der Waals surface area contributed by atoms with E-state index in [1.807, 2.05) is 36.1 Å². The molecule has 1 heterocycles. The third-order valence-electron chi connectivity index (χ3n) is 4.09. The minimum atomic E-state index is -0.243. The fraction of sp³-hybridized carbons (Fsp3) is 0.579. The van der Waals surface area contributed by atoms with Gasteiger partial charge in [0.2, 0.25) is 5.91 Å². The largest absolute Gasteiger partial charge is 0.379 e. The standard InChI is InChI=1S/C19H29N3O4/c1-2-25-12-13-26-15-16-6-3-7-17(14-16)21-19(24)20-9-5-11-22-10-4-8-18(22)23/h3,6-7,14H,2,4-5,8-13,15H2,1H3,(H2,20,21,24). The molecule has 144 valence electrons. The first kappa shape index (κ1) is 20.2. The van der Waals surface area contributed by atoms with E-state index in [4.69, 9.17) is 9.47 Å². The lowest BCUT2D eigenvalue weighted by Crippen LogP contribution is -2.33. The number of rotatable bonds is 11. The first-order valence-corrected chi connectivity index (χ1v) is 9.26. The lowest BCUT2D eigenvalue weighted by Gasteiger charge is -2.15. The van der Waals surface area contributed by atoms with E-state index in [9.17, 15) is 9.59 Å². The minimum absolute atomic E-state index is 0.217. The van der Waals surface area contributed by atoms with Crippen LogP contribution in [0, 0.1) is 0 Å². The van der Waals surface area contributed by atoms with E-state index in [1.165, 1.54) is 0 Å². The van der Waals surface area contributed by atoms with Crippen LogP contribution in [0.4, 0.5) is 10.5 Å². The van der Waals surface area contributed by atoms with Gasteiger partial charge >= 0.3 is 6.03 Å². The van der Waals surface area contributed by atoms with Crippen LogP contribution in [0.1, 0.15) is 31.7 Å². The average molecular weight is 363 g/mol. The van der Waals surface area contributed by atoms with Crippen molar-refractivity contribution in [2.45, 2.75) is 32.8 Å². The van der Waals surface area contributed by atoms with Crippen LogP contribution in [0.25, 0.3) is 0 Å². The Hall–Kier alpha value is -2.12. The van der Waals surface area contributed by atoms with E-state index >= 15 is 0 Å². The topological polar surface area (TPSA) is 79.9 Å². The zero-order valence-electron chi connectivity index (χ0n) is 15.5. The SMILES string of the molecule is CCOCCOCc1cccc(NC(=O)NCCCN2CCCC2=O)c1. The molecule has 7 nitrogen and oxygen atoms in total. The quantitative estimate of drug-likeness (QED) is 0.592. The molecule has 1 aliphatic rings. The summed E-state index contributed by atoms with van der Waals surface area (Å²) in [5.74, 6) is 0.217. The van der Waals surface area contributed by atoms with Crippen molar-refractivity contribution < 1.29 is 19.1 Å². The van der Waals surface area contributed by atoms with E-state index in [0.29, 0.717) is 45.9 Å². The van der Waals surface area contributed by atoms with Crippen LogP contribution in [-0.4, -0.2) is 56.3 Å². The van der Waals surface area contributed by atoms with Crippen molar-refractivity contribution in [2.24, 2.45) is 0 Å². The van der Waals surface area contributed by atoms with E-state index in [1.54, 1.807) is 0 Å². The second kappa shape index (κ2) is 11.5. The maximum atomic E-state index is 12.0. The molecule has 0 aliphatic carbocycles. The number of nitrogens with one attached hydrogen (secondary N) is 2. The summed E-state index contributed by atoms with van der Waals surface area (Å²) in [6.07, 6.45) is 2.35. The molecule has 2 N–H and O–H groups in total. The number of likely N-dealkylation sites (tertiary alicyclic amines) is 1. The van der Waals surface area contributed by atoms with Crippen LogP contribution in [-0.2, 0) is 20.9 Å². The number of carbonyl (C=O) groups is 2. The van der Waals surface area contributed by atoms with Crippen LogP contribution >= 0.6 is 0 Å². The monoisotopic (exact) mass is 363 g/mol. The van der Waals surface area contributed by atoms with Gasteiger partial charge in [0.05, 0.1) is 19.8 Å². The van der Waals surface area contributed by atoms with Gasteiger partial charge in [-0.2, -0.15) is 0 Å². The molecule has 0 spiro atoms. The van der Waals surface area contributed by atoms with Crippen molar-refractivity contribution in [1.82, 2.24) is 10.2 Å². The Morgan fingerprint density at radius 1 is 1.27 bits per heavy atom. The van der Waals surface area contributed by atoms with Gasteiger partial charge in [-0.05, 0) is 37.5 Å². The Kier molecular flexibility index (Phi) is 8.92. The highest BCUT2D eigenvalue weighted by Crippen LogP contribution is 2.12. The normalized spacial score (nSPS) is 13.9. The highest BCUT2D eigenvalue weighted by molar-refractivity contribution is 5.89. The van der Waals surface area contributed by atoms with Gasteiger partial charge in [0.1, 0.15) is 0 Å². The molecule has 0 atom stereocenters. The van der Waals surface area contributed by atoms with E-state index in [-0.39, 0.29) is 11.9 Å². The Labute approximate surface area is 155 Å². The predicted octanol–water partition coefficient (Wildman–Crippen LogP) is 2.37. The Morgan fingerprint density at radius 3 is 2.88 bits per heavy atom. The molecule has 2 rings (SSSR count). The number of hydrogen-bond acceptors (Lipinski definition) is 4. The summed E-state index contributed by atoms with van der Waals surface area (Å²) < 4.78 is 10.8. The van der Waals surface area contributed by atoms with Crippen LogP contribution in [0.15, 0.2) is 24.3 Å². The summed E-state index contributed by atoms with van der Waals surface area (Å²) in [5.41, 5.74) is 1.72. The first-order chi connectivity index (χ1) is 12.7. The van der Waals surface area contributed by atoms with Gasteiger partial charge in [0.15, 0.2) is 0 Å². The van der Waals surface area contributed by atoms with Gasteiger partial charge in [0, 0.05) is 38.3 Å². The number of carbonyl (C=O) groups excluding carboxylic acids is 2. The zero-order valence-corrected chi connectivity index (χ0v) is 15.5. The van der Waals surface area contributed by atoms with Gasteiger partial charge < -0.3 is 25.0 Å². The molecule has 7 heteroatoms. The first-order valence-electron chi connectivity index (χ1n) is 9.26. The van der Waals surface area contributed by atoms with Crippen molar-refractivity contribution >= 4 is 17.6 Å². The summed E-state index contributed by atoms with van der Waals surface area (Å²) in [5, 5.41) is 5.64. The number of ether oxygens (including phenoxy) is 2. The van der Waals surface area contributed by atoms with E-state index in [0.717, 1.165) is 30.6 Å². The number of nitrogens with zero attached hydrogens (tertiary/aromatic N) is 1. The maximum Gasteiger partial charge on any atom is 0.319 e. The van der Waals surface area contributed by atoms with Crippen LogP contribution in [0.3, 0.4) is 0 Å². The number of anilines is 1. The highest BCUT2D eigenvalue weighted by Gasteiger charge is 2.18. The van der Waals surface area contributed by atoms with E-state index in [2.05, 4.69) is 10.6 Å². The molecule has 0 saturated carbocycles. The van der Waals surface area contributed by atoms with Gasteiger partial charge in [0.25, 0.3) is 0 Å². The predicted molar refractivity (Wildman–Crippen MR) is 100 cm³/mol. The molecule has 26 heavy (non-hydrogen) atoms. The molecule has 0 radical (unpaired) electrons. The Balaban J connectivity index is 1.63. The highest BCUT2D eigenvalue weighted by atomic mass is 16.5. The molecule has 1 saturated heterocycles. The smallest absolute Gasteiger partial charge is 0.319 e. The summed E-state index contributed by atoms with van der Waals surface area (Å²) in [4.78, 5) is 25.3. The summed E-state index contributed by atoms with van der Waals surface area (Å²) >= 11 is 0. The van der Waals surface area contributed by atoms with Crippen LogP contribution < -0.4 is 10.6 Å². The van der Waals surface area contributed by atoms with Gasteiger partial charge in [-0.1, -0.05) is 12.1 Å². The summed E-state index contributed by atoms with van der Waals surface area (Å²) in [6.45, 7) is 6.33. The number of urea groups is 1.